The molecule has 0 atom stereocenters. The van der Waals surface area contributed by atoms with Gasteiger partial charge in [0.1, 0.15) is 5.75 Å². The van der Waals surface area contributed by atoms with E-state index in [0.717, 1.165) is 14.9 Å². The monoisotopic (exact) mass is 465 g/mol. The Kier molecular flexibility index (Phi) is 7.58. The number of hydrazone groups is 1. The molecule has 136 valence electrons. The standard InChI is InChI=1S/C19H20IN3O3/c1-13(22-23-19(25)15-5-7-16(20)8-6-15)11-18(24)21-12-14-3-9-17(26-2)10-4-14/h3-10H,11-12H2,1-2H3,(H,21,24)(H,23,25)/b22-13+. The van der Waals surface area contributed by atoms with Gasteiger partial charge in [-0.25, -0.2) is 5.43 Å². The molecule has 0 heterocycles. The summed E-state index contributed by atoms with van der Waals surface area (Å²) in [5, 5.41) is 6.80. The van der Waals surface area contributed by atoms with E-state index >= 15 is 0 Å². The number of benzene rings is 2. The number of halogens is 1. The summed E-state index contributed by atoms with van der Waals surface area (Å²) in [5.74, 6) is 0.303. The van der Waals surface area contributed by atoms with Crippen LogP contribution in [0, 0.1) is 3.57 Å². The summed E-state index contributed by atoms with van der Waals surface area (Å²) < 4.78 is 6.14. The Balaban J connectivity index is 1.78. The van der Waals surface area contributed by atoms with Crippen LogP contribution in [0.25, 0.3) is 0 Å². The lowest BCUT2D eigenvalue weighted by Crippen LogP contribution is -2.26. The molecule has 0 spiro atoms. The van der Waals surface area contributed by atoms with Gasteiger partial charge in [-0.15, -0.1) is 0 Å². The highest BCUT2D eigenvalue weighted by molar-refractivity contribution is 14.1. The lowest BCUT2D eigenvalue weighted by molar-refractivity contribution is -0.120. The summed E-state index contributed by atoms with van der Waals surface area (Å²) in [6, 6.07) is 14.6. The first-order valence-electron chi connectivity index (χ1n) is 7.96. The van der Waals surface area contributed by atoms with Gasteiger partial charge in [-0.2, -0.15) is 5.10 Å². The SMILES string of the molecule is COc1ccc(CNC(=O)C/C(C)=N/NC(=O)c2ccc(I)cc2)cc1. The van der Waals surface area contributed by atoms with Crippen molar-refractivity contribution < 1.29 is 14.3 Å². The molecule has 0 fully saturated rings. The van der Waals surface area contributed by atoms with Crippen LogP contribution < -0.4 is 15.5 Å². The summed E-state index contributed by atoms with van der Waals surface area (Å²) in [7, 11) is 1.61. The summed E-state index contributed by atoms with van der Waals surface area (Å²) in [4.78, 5) is 23.9. The lowest BCUT2D eigenvalue weighted by atomic mass is 10.2. The molecular formula is C19H20IN3O3. The molecule has 0 saturated heterocycles. The minimum atomic E-state index is -0.306. The molecule has 2 aromatic rings. The number of ether oxygens (including phenoxy) is 1. The van der Waals surface area contributed by atoms with Gasteiger partial charge in [-0.05, 0) is 71.5 Å². The average molecular weight is 465 g/mol. The van der Waals surface area contributed by atoms with Crippen molar-refractivity contribution in [3.8, 4) is 5.75 Å². The molecule has 7 heteroatoms. The van der Waals surface area contributed by atoms with Crippen LogP contribution in [0.3, 0.4) is 0 Å². The van der Waals surface area contributed by atoms with E-state index in [0.29, 0.717) is 17.8 Å². The minimum absolute atomic E-state index is 0.114. The Hall–Kier alpha value is -2.42. The molecule has 2 amide bonds. The highest BCUT2D eigenvalue weighted by Crippen LogP contribution is 2.11. The number of rotatable bonds is 7. The van der Waals surface area contributed by atoms with Gasteiger partial charge in [0, 0.05) is 21.4 Å². The van der Waals surface area contributed by atoms with Crippen LogP contribution in [0.1, 0.15) is 29.3 Å². The maximum Gasteiger partial charge on any atom is 0.271 e. The Morgan fingerprint density at radius 1 is 1.08 bits per heavy atom. The normalized spacial score (nSPS) is 11.0. The first-order valence-corrected chi connectivity index (χ1v) is 9.04. The van der Waals surface area contributed by atoms with Crippen molar-refractivity contribution >= 4 is 40.1 Å². The van der Waals surface area contributed by atoms with Crippen LogP contribution in [0.2, 0.25) is 0 Å². The third-order valence-corrected chi connectivity index (χ3v) is 4.24. The number of nitrogens with zero attached hydrogens (tertiary/aromatic N) is 1. The van der Waals surface area contributed by atoms with E-state index in [-0.39, 0.29) is 18.2 Å². The van der Waals surface area contributed by atoms with Crippen LogP contribution in [-0.4, -0.2) is 24.6 Å². The topological polar surface area (TPSA) is 79.8 Å². The Bertz CT molecular complexity index is 787. The summed E-state index contributed by atoms with van der Waals surface area (Å²) in [6.07, 6.45) is 0.114. The first kappa shape index (κ1) is 19.9. The molecule has 0 aliphatic rings. The van der Waals surface area contributed by atoms with E-state index < -0.39 is 0 Å². The first-order chi connectivity index (χ1) is 12.5. The third-order valence-electron chi connectivity index (χ3n) is 3.52. The summed E-state index contributed by atoms with van der Waals surface area (Å²) in [5.41, 5.74) is 4.48. The second-order valence-electron chi connectivity index (χ2n) is 5.60. The van der Waals surface area contributed by atoms with Gasteiger partial charge >= 0.3 is 0 Å². The molecule has 0 aliphatic carbocycles. The van der Waals surface area contributed by atoms with Crippen LogP contribution in [0.4, 0.5) is 0 Å². The maximum atomic E-state index is 12.0. The van der Waals surface area contributed by atoms with Crippen LogP contribution in [0.15, 0.2) is 53.6 Å². The number of hydrogen-bond acceptors (Lipinski definition) is 4. The quantitative estimate of drug-likeness (QED) is 0.375. The number of carbonyl (C=O) groups excluding carboxylic acids is 2. The third kappa shape index (κ3) is 6.47. The van der Waals surface area contributed by atoms with Gasteiger partial charge in [0.25, 0.3) is 5.91 Å². The fraction of sp³-hybridized carbons (Fsp3) is 0.211. The van der Waals surface area contributed by atoms with Gasteiger partial charge in [0.15, 0.2) is 0 Å². The van der Waals surface area contributed by atoms with Gasteiger partial charge < -0.3 is 10.1 Å². The zero-order valence-electron chi connectivity index (χ0n) is 14.6. The van der Waals surface area contributed by atoms with Crippen LogP contribution >= 0.6 is 22.6 Å². The molecule has 0 saturated carbocycles. The second-order valence-corrected chi connectivity index (χ2v) is 6.84. The van der Waals surface area contributed by atoms with E-state index in [1.54, 1.807) is 26.2 Å². The maximum absolute atomic E-state index is 12.0. The smallest absolute Gasteiger partial charge is 0.271 e. The van der Waals surface area contributed by atoms with E-state index in [1.165, 1.54) is 0 Å². The zero-order valence-corrected chi connectivity index (χ0v) is 16.7. The van der Waals surface area contributed by atoms with Gasteiger partial charge in [0.05, 0.1) is 13.5 Å². The van der Waals surface area contributed by atoms with Crippen molar-refractivity contribution in [3.63, 3.8) is 0 Å². The Labute approximate surface area is 166 Å². The predicted octanol–water partition coefficient (Wildman–Crippen LogP) is 3.11. The summed E-state index contributed by atoms with van der Waals surface area (Å²) in [6.45, 7) is 2.12. The van der Waals surface area contributed by atoms with E-state index in [2.05, 4.69) is 38.4 Å². The Morgan fingerprint density at radius 3 is 2.35 bits per heavy atom. The molecule has 0 aromatic heterocycles. The van der Waals surface area contributed by atoms with Gasteiger partial charge in [-0.3, -0.25) is 9.59 Å². The molecule has 0 radical (unpaired) electrons. The molecule has 0 bridgehead atoms. The number of carbonyl (C=O) groups is 2. The average Bonchev–Trinajstić information content (AvgIpc) is 2.65. The number of amides is 2. The largest absolute Gasteiger partial charge is 0.497 e. The molecule has 0 aliphatic heterocycles. The van der Waals surface area contributed by atoms with Crippen LogP contribution in [-0.2, 0) is 11.3 Å². The molecule has 2 aromatic carbocycles. The van der Waals surface area contributed by atoms with E-state index in [4.69, 9.17) is 4.74 Å². The van der Waals surface area contributed by atoms with Crippen molar-refractivity contribution in [2.75, 3.05) is 7.11 Å². The highest BCUT2D eigenvalue weighted by Gasteiger charge is 2.07. The van der Waals surface area contributed by atoms with Crippen molar-refractivity contribution in [2.24, 2.45) is 5.10 Å². The molecule has 2 N–H and O–H groups in total. The fourth-order valence-electron chi connectivity index (χ4n) is 2.09. The number of hydrogen-bond donors (Lipinski definition) is 2. The summed E-state index contributed by atoms with van der Waals surface area (Å²) >= 11 is 2.17. The number of nitrogens with one attached hydrogen (secondary N) is 2. The minimum Gasteiger partial charge on any atom is -0.497 e. The van der Waals surface area contributed by atoms with Crippen molar-refractivity contribution in [1.29, 1.82) is 0 Å². The lowest BCUT2D eigenvalue weighted by Gasteiger charge is -2.07. The van der Waals surface area contributed by atoms with Crippen molar-refractivity contribution in [2.45, 2.75) is 19.9 Å². The highest BCUT2D eigenvalue weighted by atomic mass is 127. The predicted molar refractivity (Wildman–Crippen MR) is 109 cm³/mol. The number of methoxy groups -OCH3 is 1. The zero-order chi connectivity index (χ0) is 18.9. The molecule has 6 nitrogen and oxygen atoms in total. The van der Waals surface area contributed by atoms with Gasteiger partial charge in [0.2, 0.25) is 5.91 Å². The van der Waals surface area contributed by atoms with E-state index in [1.807, 2.05) is 36.4 Å². The van der Waals surface area contributed by atoms with Crippen molar-refractivity contribution in [1.82, 2.24) is 10.7 Å². The second kappa shape index (κ2) is 9.91. The fourth-order valence-corrected chi connectivity index (χ4v) is 2.45. The van der Waals surface area contributed by atoms with E-state index in [9.17, 15) is 9.59 Å². The molecular weight excluding hydrogens is 445 g/mol. The Morgan fingerprint density at radius 2 is 1.73 bits per heavy atom. The molecule has 0 unspecified atom stereocenters. The van der Waals surface area contributed by atoms with Crippen LogP contribution in [0.5, 0.6) is 5.75 Å². The van der Waals surface area contributed by atoms with Gasteiger partial charge in [-0.1, -0.05) is 12.1 Å². The molecule has 26 heavy (non-hydrogen) atoms. The molecule has 2 rings (SSSR count). The van der Waals surface area contributed by atoms with Crippen molar-refractivity contribution in [3.05, 3.63) is 63.2 Å².